The zero-order valence-corrected chi connectivity index (χ0v) is 14.5. The summed E-state index contributed by atoms with van der Waals surface area (Å²) in [5, 5.41) is 13.3. The van der Waals surface area contributed by atoms with Gasteiger partial charge in [-0.3, -0.25) is 0 Å². The summed E-state index contributed by atoms with van der Waals surface area (Å²) in [7, 11) is 0. The van der Waals surface area contributed by atoms with Crippen LogP contribution in [0.3, 0.4) is 0 Å². The Hall–Kier alpha value is -3.80. The van der Waals surface area contributed by atoms with Crippen molar-refractivity contribution in [3.05, 3.63) is 72.4 Å². The van der Waals surface area contributed by atoms with Crippen LogP contribution in [-0.4, -0.2) is 20.3 Å². The Morgan fingerprint density at radius 2 is 1.56 bits per heavy atom. The summed E-state index contributed by atoms with van der Waals surface area (Å²) in [5.41, 5.74) is 4.90. The van der Waals surface area contributed by atoms with E-state index in [9.17, 15) is 0 Å². The quantitative estimate of drug-likeness (QED) is 0.458. The van der Waals surface area contributed by atoms with Crippen molar-refractivity contribution in [2.24, 2.45) is 0 Å². The molecule has 0 aliphatic rings. The van der Waals surface area contributed by atoms with E-state index in [0.717, 1.165) is 27.8 Å². The number of aryl methyl sites for hydroxylation is 1. The molecule has 0 unspecified atom stereocenters. The van der Waals surface area contributed by atoms with Crippen LogP contribution in [0.2, 0.25) is 0 Å². The molecule has 3 heterocycles. The molecule has 0 N–H and O–H groups in total. The third kappa shape index (κ3) is 2.77. The highest BCUT2D eigenvalue weighted by molar-refractivity contribution is 5.91. The van der Waals surface area contributed by atoms with Gasteiger partial charge in [-0.05, 0) is 25.1 Å². The molecule has 0 aliphatic heterocycles. The van der Waals surface area contributed by atoms with Gasteiger partial charge in [0, 0.05) is 17.3 Å². The molecule has 130 valence electrons. The summed E-state index contributed by atoms with van der Waals surface area (Å²) in [6.07, 6.45) is 1.65. The minimum absolute atomic E-state index is 0.404. The van der Waals surface area contributed by atoms with Crippen LogP contribution in [0, 0.1) is 6.92 Å². The molecule has 0 radical (unpaired) electrons. The van der Waals surface area contributed by atoms with Crippen LogP contribution in [0.5, 0.6) is 0 Å². The van der Waals surface area contributed by atoms with Crippen molar-refractivity contribution in [2.75, 3.05) is 0 Å². The molecule has 0 fully saturated rings. The maximum absolute atomic E-state index is 5.87. The molecule has 2 aromatic carbocycles. The maximum atomic E-state index is 5.87. The van der Waals surface area contributed by atoms with Crippen molar-refractivity contribution in [1.29, 1.82) is 0 Å². The van der Waals surface area contributed by atoms with Gasteiger partial charge in [-0.2, -0.15) is 0 Å². The predicted molar refractivity (Wildman–Crippen MR) is 101 cm³/mol. The number of nitrogens with zero attached hydrogens (tertiary/aromatic N) is 4. The molecule has 0 spiro atoms. The molecule has 27 heavy (non-hydrogen) atoms. The van der Waals surface area contributed by atoms with Crippen LogP contribution in [0.15, 0.2) is 75.8 Å². The van der Waals surface area contributed by atoms with Crippen molar-refractivity contribution in [2.45, 2.75) is 6.92 Å². The zero-order chi connectivity index (χ0) is 18.2. The highest BCUT2D eigenvalue weighted by Crippen LogP contribution is 2.31. The highest BCUT2D eigenvalue weighted by Gasteiger charge is 2.16. The van der Waals surface area contributed by atoms with E-state index in [2.05, 4.69) is 20.3 Å². The summed E-state index contributed by atoms with van der Waals surface area (Å²) in [5.74, 6) is 0.878. The second kappa shape index (κ2) is 6.17. The average Bonchev–Trinajstić information content (AvgIpc) is 3.36. The summed E-state index contributed by atoms with van der Waals surface area (Å²) >= 11 is 0. The van der Waals surface area contributed by atoms with E-state index in [1.165, 1.54) is 0 Å². The minimum atomic E-state index is 0.404. The van der Waals surface area contributed by atoms with Crippen molar-refractivity contribution in [3.63, 3.8) is 0 Å². The van der Waals surface area contributed by atoms with Crippen LogP contribution in [0.1, 0.15) is 5.56 Å². The monoisotopic (exact) mass is 354 g/mol. The topological polar surface area (TPSA) is 77.8 Å². The third-order valence-corrected chi connectivity index (χ3v) is 4.31. The fraction of sp³-hybridized carbons (Fsp3) is 0.0476. The lowest BCUT2D eigenvalue weighted by Gasteiger charge is -1.98. The third-order valence-electron chi connectivity index (χ3n) is 4.31. The van der Waals surface area contributed by atoms with E-state index in [1.54, 1.807) is 6.20 Å². The fourth-order valence-electron chi connectivity index (χ4n) is 2.99. The van der Waals surface area contributed by atoms with Crippen LogP contribution in [0.25, 0.3) is 45.3 Å². The summed E-state index contributed by atoms with van der Waals surface area (Å²) < 4.78 is 11.2. The lowest BCUT2D eigenvalue weighted by Crippen LogP contribution is -1.82. The second-order valence-corrected chi connectivity index (χ2v) is 6.26. The standard InChI is InChI=1S/C21H14N4O2/c1-13-6-5-9-15(10-13)19-23-24-20(26-19)16-11-17-18(14-7-3-2-4-8-14)25-27-21(17)22-12-16/h2-12H,1H3. The Balaban J connectivity index is 1.58. The van der Waals surface area contributed by atoms with Crippen molar-refractivity contribution in [3.8, 4) is 34.2 Å². The lowest BCUT2D eigenvalue weighted by atomic mass is 10.1. The fourth-order valence-corrected chi connectivity index (χ4v) is 2.99. The molecule has 0 saturated heterocycles. The van der Waals surface area contributed by atoms with Gasteiger partial charge < -0.3 is 8.94 Å². The van der Waals surface area contributed by atoms with Crippen LogP contribution >= 0.6 is 0 Å². The first-order chi connectivity index (χ1) is 13.3. The summed E-state index contributed by atoms with van der Waals surface area (Å²) in [6.45, 7) is 2.02. The number of fused-ring (bicyclic) bond motifs is 1. The van der Waals surface area contributed by atoms with E-state index in [4.69, 9.17) is 8.94 Å². The number of hydrogen-bond acceptors (Lipinski definition) is 6. The van der Waals surface area contributed by atoms with Crippen LogP contribution in [0.4, 0.5) is 0 Å². The molecular formula is C21H14N4O2. The van der Waals surface area contributed by atoms with Gasteiger partial charge in [0.25, 0.3) is 5.71 Å². The smallest absolute Gasteiger partial charge is 0.258 e. The van der Waals surface area contributed by atoms with Gasteiger partial charge in [-0.25, -0.2) is 4.98 Å². The predicted octanol–water partition coefficient (Wildman–Crippen LogP) is 4.92. The van der Waals surface area contributed by atoms with E-state index < -0.39 is 0 Å². The summed E-state index contributed by atoms with van der Waals surface area (Å²) in [6, 6.07) is 19.7. The Kier molecular flexibility index (Phi) is 3.53. The molecule has 0 amide bonds. The Bertz CT molecular complexity index is 1240. The molecule has 0 bridgehead atoms. The van der Waals surface area contributed by atoms with Crippen LogP contribution in [-0.2, 0) is 0 Å². The van der Waals surface area contributed by atoms with E-state index in [0.29, 0.717) is 23.1 Å². The molecule has 0 saturated carbocycles. The van der Waals surface area contributed by atoms with Crippen molar-refractivity contribution < 1.29 is 8.94 Å². The van der Waals surface area contributed by atoms with Gasteiger partial charge in [0.05, 0.1) is 10.9 Å². The van der Waals surface area contributed by atoms with E-state index >= 15 is 0 Å². The molecule has 5 aromatic rings. The van der Waals surface area contributed by atoms with Crippen molar-refractivity contribution in [1.82, 2.24) is 20.3 Å². The Morgan fingerprint density at radius 1 is 0.778 bits per heavy atom. The minimum Gasteiger partial charge on any atom is -0.416 e. The molecule has 0 atom stereocenters. The first-order valence-electron chi connectivity index (χ1n) is 8.50. The number of rotatable bonds is 3. The Labute approximate surface area is 154 Å². The van der Waals surface area contributed by atoms with E-state index in [-0.39, 0.29) is 0 Å². The normalized spacial score (nSPS) is 11.1. The average molecular weight is 354 g/mol. The molecule has 3 aromatic heterocycles. The van der Waals surface area contributed by atoms with Crippen molar-refractivity contribution >= 4 is 11.1 Å². The molecular weight excluding hydrogens is 340 g/mol. The van der Waals surface area contributed by atoms with Gasteiger partial charge >= 0.3 is 0 Å². The number of hydrogen-bond donors (Lipinski definition) is 0. The first-order valence-corrected chi connectivity index (χ1v) is 8.50. The zero-order valence-electron chi connectivity index (χ0n) is 14.5. The van der Waals surface area contributed by atoms with Gasteiger partial charge in [0.1, 0.15) is 5.69 Å². The Morgan fingerprint density at radius 3 is 2.37 bits per heavy atom. The lowest BCUT2D eigenvalue weighted by molar-refractivity contribution is 0.451. The number of aromatic nitrogens is 4. The number of benzene rings is 2. The van der Waals surface area contributed by atoms with Gasteiger partial charge in [0.2, 0.25) is 11.8 Å². The van der Waals surface area contributed by atoms with Gasteiger partial charge in [-0.1, -0.05) is 53.2 Å². The molecule has 6 nitrogen and oxygen atoms in total. The van der Waals surface area contributed by atoms with Gasteiger partial charge in [-0.15, -0.1) is 10.2 Å². The largest absolute Gasteiger partial charge is 0.416 e. The van der Waals surface area contributed by atoms with E-state index in [1.807, 2.05) is 67.6 Å². The van der Waals surface area contributed by atoms with Crippen LogP contribution < -0.4 is 0 Å². The second-order valence-electron chi connectivity index (χ2n) is 6.26. The number of pyridine rings is 1. The molecule has 0 aliphatic carbocycles. The first kappa shape index (κ1) is 15.5. The molecule has 6 heteroatoms. The molecule has 5 rings (SSSR count). The maximum Gasteiger partial charge on any atom is 0.258 e. The van der Waals surface area contributed by atoms with Gasteiger partial charge in [0.15, 0.2) is 0 Å². The highest BCUT2D eigenvalue weighted by atomic mass is 16.5. The SMILES string of the molecule is Cc1cccc(-c2nnc(-c3cnc4onc(-c5ccccc5)c4c3)o2)c1. The summed E-state index contributed by atoms with van der Waals surface area (Å²) in [4.78, 5) is 4.34.